The first kappa shape index (κ1) is 32.8. The Bertz CT molecular complexity index is 1010. The number of nitrogens with two attached hydrogens (primary N) is 3. The number of aliphatic imine (C=N–C) groups is 1. The molecule has 1 aromatic carbocycles. The molecule has 1 aromatic rings. The van der Waals surface area contributed by atoms with Crippen LogP contribution in [0.3, 0.4) is 0 Å². The number of aliphatic carboxylic acids is 2. The van der Waals surface area contributed by atoms with Gasteiger partial charge in [-0.3, -0.25) is 24.2 Å². The van der Waals surface area contributed by atoms with E-state index in [-0.39, 0.29) is 37.7 Å². The molecule has 0 saturated heterocycles. The number of carbonyl (C=O) groups excluding carboxylic acids is 3. The van der Waals surface area contributed by atoms with Crippen molar-refractivity contribution in [3.05, 3.63) is 35.9 Å². The van der Waals surface area contributed by atoms with E-state index in [4.69, 9.17) is 22.3 Å². The summed E-state index contributed by atoms with van der Waals surface area (Å²) in [6, 6.07) is 3.72. The van der Waals surface area contributed by atoms with Gasteiger partial charge in [-0.2, -0.15) is 0 Å². The van der Waals surface area contributed by atoms with E-state index in [1.54, 1.807) is 30.3 Å². The van der Waals surface area contributed by atoms with E-state index in [2.05, 4.69) is 20.9 Å². The highest BCUT2D eigenvalue weighted by Crippen LogP contribution is 2.09. The van der Waals surface area contributed by atoms with E-state index >= 15 is 0 Å². The van der Waals surface area contributed by atoms with Crippen molar-refractivity contribution >= 4 is 35.6 Å². The van der Waals surface area contributed by atoms with Gasteiger partial charge in [0, 0.05) is 13.0 Å². The van der Waals surface area contributed by atoms with Crippen LogP contribution in [0.4, 0.5) is 0 Å². The van der Waals surface area contributed by atoms with E-state index < -0.39 is 60.2 Å². The van der Waals surface area contributed by atoms with E-state index in [0.29, 0.717) is 12.0 Å². The molecule has 3 amide bonds. The fraction of sp³-hybridized carbons (Fsp3) is 0.520. The van der Waals surface area contributed by atoms with Crippen molar-refractivity contribution in [2.45, 2.75) is 70.1 Å². The molecule has 0 fully saturated rings. The number of rotatable bonds is 17. The van der Waals surface area contributed by atoms with Gasteiger partial charge >= 0.3 is 11.9 Å². The molecule has 0 spiro atoms. The molecule has 4 atom stereocenters. The molecular formula is C25H39N7O7. The van der Waals surface area contributed by atoms with Gasteiger partial charge in [0.05, 0.1) is 12.5 Å². The molecule has 0 radical (unpaired) electrons. The molecule has 0 aromatic heterocycles. The fourth-order valence-electron chi connectivity index (χ4n) is 3.61. The van der Waals surface area contributed by atoms with Crippen LogP contribution in [0, 0.1) is 5.92 Å². The van der Waals surface area contributed by atoms with Crippen molar-refractivity contribution in [3.8, 4) is 0 Å². The van der Waals surface area contributed by atoms with Crippen LogP contribution in [0.1, 0.15) is 45.1 Å². The third-order valence-electron chi connectivity index (χ3n) is 5.55. The predicted molar refractivity (Wildman–Crippen MR) is 143 cm³/mol. The average molecular weight is 550 g/mol. The maximum atomic E-state index is 13.3. The van der Waals surface area contributed by atoms with Gasteiger partial charge in [0.1, 0.15) is 18.1 Å². The number of guanidine groups is 1. The molecule has 0 aliphatic heterocycles. The summed E-state index contributed by atoms with van der Waals surface area (Å²) in [5, 5.41) is 25.7. The molecule has 0 heterocycles. The minimum Gasteiger partial charge on any atom is -0.481 e. The molecule has 39 heavy (non-hydrogen) atoms. The summed E-state index contributed by atoms with van der Waals surface area (Å²) in [4.78, 5) is 65.3. The van der Waals surface area contributed by atoms with Crippen LogP contribution in [-0.4, -0.2) is 76.5 Å². The Morgan fingerprint density at radius 2 is 1.44 bits per heavy atom. The maximum absolute atomic E-state index is 13.3. The van der Waals surface area contributed by atoms with E-state index in [1.165, 1.54) is 0 Å². The Morgan fingerprint density at radius 1 is 0.872 bits per heavy atom. The van der Waals surface area contributed by atoms with Gasteiger partial charge in [-0.1, -0.05) is 44.2 Å². The topological polar surface area (TPSA) is 252 Å². The SMILES string of the molecule is CC(C)CC(NC(=O)C(N)CCCN=C(N)N)C(=O)NC(Cc1ccccc1)C(=O)NC(CC(=O)O)C(=O)O. The van der Waals surface area contributed by atoms with Crippen molar-refractivity contribution in [2.75, 3.05) is 6.54 Å². The highest BCUT2D eigenvalue weighted by atomic mass is 16.4. The maximum Gasteiger partial charge on any atom is 0.326 e. The molecule has 1 rings (SSSR count). The molecule has 216 valence electrons. The van der Waals surface area contributed by atoms with Crippen LogP contribution in [0.25, 0.3) is 0 Å². The lowest BCUT2D eigenvalue weighted by atomic mass is 10.00. The van der Waals surface area contributed by atoms with Crippen LogP contribution < -0.4 is 33.2 Å². The number of nitrogens with one attached hydrogen (secondary N) is 3. The highest BCUT2D eigenvalue weighted by molar-refractivity contribution is 5.94. The Kier molecular flexibility index (Phi) is 14.0. The number of hydrogen-bond donors (Lipinski definition) is 8. The van der Waals surface area contributed by atoms with Gasteiger partial charge in [0.25, 0.3) is 0 Å². The second-order valence-corrected chi connectivity index (χ2v) is 9.49. The molecule has 14 heteroatoms. The van der Waals surface area contributed by atoms with Gasteiger partial charge in [-0.25, -0.2) is 4.79 Å². The Hall–Kier alpha value is -4.20. The summed E-state index contributed by atoms with van der Waals surface area (Å²) in [5.41, 5.74) is 17.2. The van der Waals surface area contributed by atoms with Crippen LogP contribution in [0.5, 0.6) is 0 Å². The normalized spacial score (nSPS) is 13.8. The Balaban J connectivity index is 3.05. The lowest BCUT2D eigenvalue weighted by Crippen LogP contribution is -2.58. The molecule has 0 aliphatic carbocycles. The minimum atomic E-state index is -1.70. The lowest BCUT2D eigenvalue weighted by molar-refractivity contribution is -0.147. The molecular weight excluding hydrogens is 510 g/mol. The number of carboxylic acid groups (broad SMARTS) is 2. The number of nitrogens with zero attached hydrogens (tertiary/aromatic N) is 1. The smallest absolute Gasteiger partial charge is 0.326 e. The van der Waals surface area contributed by atoms with E-state index in [9.17, 15) is 29.1 Å². The number of amides is 3. The largest absolute Gasteiger partial charge is 0.481 e. The molecule has 0 aliphatic rings. The first-order valence-electron chi connectivity index (χ1n) is 12.5. The van der Waals surface area contributed by atoms with Crippen molar-refractivity contribution in [1.29, 1.82) is 0 Å². The third-order valence-corrected chi connectivity index (χ3v) is 5.55. The second-order valence-electron chi connectivity index (χ2n) is 9.49. The summed E-state index contributed by atoms with van der Waals surface area (Å²) in [7, 11) is 0. The summed E-state index contributed by atoms with van der Waals surface area (Å²) in [6.45, 7) is 3.98. The van der Waals surface area contributed by atoms with E-state index in [0.717, 1.165) is 0 Å². The third kappa shape index (κ3) is 13.2. The van der Waals surface area contributed by atoms with E-state index in [1.807, 2.05) is 13.8 Å². The first-order valence-corrected chi connectivity index (χ1v) is 12.5. The van der Waals surface area contributed by atoms with Crippen LogP contribution >= 0.6 is 0 Å². The van der Waals surface area contributed by atoms with Crippen LogP contribution in [0.2, 0.25) is 0 Å². The number of hydrogen-bond acceptors (Lipinski definition) is 7. The average Bonchev–Trinajstić information content (AvgIpc) is 2.84. The first-order chi connectivity index (χ1) is 18.3. The van der Waals surface area contributed by atoms with Gasteiger partial charge in [0.15, 0.2) is 5.96 Å². The van der Waals surface area contributed by atoms with Gasteiger partial charge in [-0.15, -0.1) is 0 Å². The fourth-order valence-corrected chi connectivity index (χ4v) is 3.61. The lowest BCUT2D eigenvalue weighted by Gasteiger charge is -2.26. The minimum absolute atomic E-state index is 0.00945. The summed E-state index contributed by atoms with van der Waals surface area (Å²) >= 11 is 0. The standard InChI is InChI=1S/C25H39N7O7/c1-14(2)11-17(30-21(35)16(26)9-6-10-29-25(27)28)22(36)31-18(12-15-7-4-3-5-8-15)23(37)32-19(24(38)39)13-20(33)34/h3-5,7-8,14,16-19H,6,9-13,26H2,1-2H3,(H,30,35)(H,31,36)(H,32,37)(H,33,34)(H,38,39)(H4,27,28,29). The quantitative estimate of drug-likeness (QED) is 0.0645. The van der Waals surface area contributed by atoms with Gasteiger partial charge in [-0.05, 0) is 30.7 Å². The molecule has 14 nitrogen and oxygen atoms in total. The number of carbonyl (C=O) groups is 5. The van der Waals surface area contributed by atoms with Crippen LogP contribution in [-0.2, 0) is 30.4 Å². The zero-order valence-corrected chi connectivity index (χ0v) is 22.1. The van der Waals surface area contributed by atoms with Gasteiger partial charge in [0.2, 0.25) is 17.7 Å². The van der Waals surface area contributed by atoms with Crippen molar-refractivity contribution in [2.24, 2.45) is 28.1 Å². The summed E-state index contributed by atoms with van der Waals surface area (Å²) < 4.78 is 0. The highest BCUT2D eigenvalue weighted by Gasteiger charge is 2.31. The molecule has 0 saturated carbocycles. The van der Waals surface area contributed by atoms with Gasteiger partial charge < -0.3 is 43.4 Å². The zero-order chi connectivity index (χ0) is 29.5. The van der Waals surface area contributed by atoms with Crippen LogP contribution in [0.15, 0.2) is 35.3 Å². The Morgan fingerprint density at radius 3 is 1.97 bits per heavy atom. The Labute approximate surface area is 226 Å². The number of carboxylic acids is 2. The summed E-state index contributed by atoms with van der Waals surface area (Å²) in [6.07, 6.45) is 0.0746. The summed E-state index contributed by atoms with van der Waals surface area (Å²) in [5.74, 6) is -5.18. The molecule has 0 bridgehead atoms. The monoisotopic (exact) mass is 549 g/mol. The second kappa shape index (κ2) is 16.6. The predicted octanol–water partition coefficient (Wildman–Crippen LogP) is -1.33. The zero-order valence-electron chi connectivity index (χ0n) is 22.1. The molecule has 11 N–H and O–H groups in total. The van der Waals surface area contributed by atoms with Crippen molar-refractivity contribution in [3.63, 3.8) is 0 Å². The van der Waals surface area contributed by atoms with Crippen molar-refractivity contribution in [1.82, 2.24) is 16.0 Å². The number of benzene rings is 1. The molecule has 4 unspecified atom stereocenters. The van der Waals surface area contributed by atoms with Crippen molar-refractivity contribution < 1.29 is 34.2 Å².